The van der Waals surface area contributed by atoms with Crippen molar-refractivity contribution in [2.75, 3.05) is 17.7 Å². The van der Waals surface area contributed by atoms with E-state index in [0.717, 1.165) is 22.4 Å². The summed E-state index contributed by atoms with van der Waals surface area (Å²) in [5.41, 5.74) is 2.47. The zero-order valence-corrected chi connectivity index (χ0v) is 15.1. The van der Waals surface area contributed by atoms with Crippen LogP contribution >= 0.6 is 0 Å². The monoisotopic (exact) mass is 343 g/mol. The molecular formula is C19H21NO3S. The van der Waals surface area contributed by atoms with E-state index in [1.54, 1.807) is 43.1 Å². The molecular weight excluding hydrogens is 322 g/mol. The van der Waals surface area contributed by atoms with Crippen molar-refractivity contribution in [1.29, 1.82) is 0 Å². The summed E-state index contributed by atoms with van der Waals surface area (Å²) in [6.45, 7) is 5.56. The SMILES string of the molecule is Cc1ccc(S(=O)(=O)CC2(C)C(=O)N(C)c3cccc(C)c32)cc1. The summed E-state index contributed by atoms with van der Waals surface area (Å²) < 4.78 is 25.8. The molecule has 2 aromatic carbocycles. The lowest BCUT2D eigenvalue weighted by Crippen LogP contribution is -2.41. The smallest absolute Gasteiger partial charge is 0.238 e. The number of carbonyl (C=O) groups is 1. The zero-order chi connectivity index (χ0) is 17.7. The van der Waals surface area contributed by atoms with Crippen LogP contribution in [0.4, 0.5) is 5.69 Å². The van der Waals surface area contributed by atoms with E-state index in [1.165, 1.54) is 0 Å². The highest BCUT2D eigenvalue weighted by Gasteiger charge is 2.49. The molecule has 3 rings (SSSR count). The summed E-state index contributed by atoms with van der Waals surface area (Å²) in [5.74, 6) is -0.410. The van der Waals surface area contributed by atoms with Gasteiger partial charge < -0.3 is 4.90 Å². The Morgan fingerprint density at radius 3 is 2.29 bits per heavy atom. The van der Waals surface area contributed by atoms with Crippen LogP contribution in [0.1, 0.15) is 23.6 Å². The molecule has 5 heteroatoms. The maximum atomic E-state index is 12.9. The second-order valence-electron chi connectivity index (χ2n) is 6.74. The third-order valence-electron chi connectivity index (χ3n) is 4.80. The summed E-state index contributed by atoms with van der Waals surface area (Å²) in [4.78, 5) is 14.7. The van der Waals surface area contributed by atoms with Gasteiger partial charge in [-0.15, -0.1) is 0 Å². The van der Waals surface area contributed by atoms with Gasteiger partial charge in [0.15, 0.2) is 9.84 Å². The fraction of sp³-hybridized carbons (Fsp3) is 0.316. The lowest BCUT2D eigenvalue weighted by molar-refractivity contribution is -0.121. The van der Waals surface area contributed by atoms with Crippen LogP contribution in [0, 0.1) is 13.8 Å². The van der Waals surface area contributed by atoms with Gasteiger partial charge in [-0.3, -0.25) is 4.79 Å². The highest BCUT2D eigenvalue weighted by atomic mass is 32.2. The van der Waals surface area contributed by atoms with Gasteiger partial charge in [0.05, 0.1) is 16.1 Å². The second-order valence-corrected chi connectivity index (χ2v) is 8.73. The first-order valence-electron chi connectivity index (χ1n) is 7.84. The van der Waals surface area contributed by atoms with Crippen LogP contribution in [0.2, 0.25) is 0 Å². The number of hydrogen-bond donors (Lipinski definition) is 0. The molecule has 0 N–H and O–H groups in total. The Kier molecular flexibility index (Phi) is 3.79. The normalized spacial score (nSPS) is 20.3. The summed E-state index contributed by atoms with van der Waals surface area (Å²) in [7, 11) is -1.88. The Morgan fingerprint density at radius 2 is 1.67 bits per heavy atom. The first kappa shape index (κ1) is 16.7. The Balaban J connectivity index is 2.10. The van der Waals surface area contributed by atoms with Gasteiger partial charge in [-0.1, -0.05) is 29.8 Å². The standard InChI is InChI=1S/C19H21NO3S/c1-13-8-10-15(11-9-13)24(22,23)12-19(3)17-14(2)6-5-7-16(17)20(4)18(19)21/h5-11H,12H2,1-4H3. The molecule has 1 amide bonds. The van der Waals surface area contributed by atoms with Gasteiger partial charge in [-0.2, -0.15) is 0 Å². The molecule has 0 fully saturated rings. The average Bonchev–Trinajstić information content (AvgIpc) is 2.70. The van der Waals surface area contributed by atoms with Crippen molar-refractivity contribution < 1.29 is 13.2 Å². The van der Waals surface area contributed by atoms with Gasteiger partial charge in [0, 0.05) is 12.7 Å². The quantitative estimate of drug-likeness (QED) is 0.861. The highest BCUT2D eigenvalue weighted by Crippen LogP contribution is 2.44. The summed E-state index contributed by atoms with van der Waals surface area (Å²) in [6.07, 6.45) is 0. The minimum absolute atomic E-state index is 0.178. The van der Waals surface area contributed by atoms with Crippen molar-refractivity contribution in [3.63, 3.8) is 0 Å². The molecule has 0 radical (unpaired) electrons. The van der Waals surface area contributed by atoms with Gasteiger partial charge in [-0.05, 0) is 50.1 Å². The molecule has 1 aliphatic heterocycles. The highest BCUT2D eigenvalue weighted by molar-refractivity contribution is 7.91. The number of aryl methyl sites for hydroxylation is 2. The molecule has 0 saturated carbocycles. The van der Waals surface area contributed by atoms with Crippen LogP contribution < -0.4 is 4.90 Å². The molecule has 1 aliphatic rings. The van der Waals surface area contributed by atoms with Gasteiger partial charge in [0.25, 0.3) is 0 Å². The maximum Gasteiger partial charge on any atom is 0.238 e. The minimum atomic E-state index is -3.58. The number of fused-ring (bicyclic) bond motifs is 1. The van der Waals surface area contributed by atoms with Gasteiger partial charge in [-0.25, -0.2) is 8.42 Å². The Bertz CT molecular complexity index is 916. The molecule has 0 aliphatic carbocycles. The van der Waals surface area contributed by atoms with E-state index in [0.29, 0.717) is 0 Å². The fourth-order valence-corrected chi connectivity index (χ4v) is 5.32. The van der Waals surface area contributed by atoms with E-state index in [1.807, 2.05) is 32.0 Å². The predicted octanol–water partition coefficient (Wildman–Crippen LogP) is 3.01. The van der Waals surface area contributed by atoms with Crippen molar-refractivity contribution in [2.45, 2.75) is 31.1 Å². The predicted molar refractivity (Wildman–Crippen MR) is 95.2 cm³/mol. The molecule has 2 aromatic rings. The van der Waals surface area contributed by atoms with Crippen molar-refractivity contribution in [2.24, 2.45) is 0 Å². The number of nitrogens with zero attached hydrogens (tertiary/aromatic N) is 1. The zero-order valence-electron chi connectivity index (χ0n) is 14.3. The fourth-order valence-electron chi connectivity index (χ4n) is 3.58. The number of amides is 1. The van der Waals surface area contributed by atoms with E-state index in [9.17, 15) is 13.2 Å². The summed E-state index contributed by atoms with van der Waals surface area (Å²) >= 11 is 0. The molecule has 1 unspecified atom stereocenters. The summed E-state index contributed by atoms with van der Waals surface area (Å²) in [6, 6.07) is 12.4. The number of hydrogen-bond acceptors (Lipinski definition) is 3. The minimum Gasteiger partial charge on any atom is -0.314 e. The number of sulfone groups is 1. The number of likely N-dealkylation sites (N-methyl/N-ethyl adjacent to an activating group) is 1. The Morgan fingerprint density at radius 1 is 1.04 bits per heavy atom. The van der Waals surface area contributed by atoms with E-state index in [4.69, 9.17) is 0 Å². The second kappa shape index (κ2) is 5.45. The molecule has 24 heavy (non-hydrogen) atoms. The van der Waals surface area contributed by atoms with E-state index in [2.05, 4.69) is 0 Å². The van der Waals surface area contributed by atoms with Gasteiger partial charge in [0.1, 0.15) is 0 Å². The van der Waals surface area contributed by atoms with Crippen molar-refractivity contribution in [3.05, 3.63) is 59.2 Å². The van der Waals surface area contributed by atoms with Crippen LogP contribution in [0.15, 0.2) is 47.4 Å². The summed E-state index contributed by atoms with van der Waals surface area (Å²) in [5, 5.41) is 0. The Labute approximate surface area is 143 Å². The first-order chi connectivity index (χ1) is 11.2. The Hall–Kier alpha value is -2.14. The third-order valence-corrected chi connectivity index (χ3v) is 6.75. The van der Waals surface area contributed by atoms with Crippen LogP contribution in [0.3, 0.4) is 0 Å². The van der Waals surface area contributed by atoms with Gasteiger partial charge in [0.2, 0.25) is 5.91 Å². The number of carbonyl (C=O) groups excluding carboxylic acids is 1. The van der Waals surface area contributed by atoms with Crippen molar-refractivity contribution in [3.8, 4) is 0 Å². The van der Waals surface area contributed by atoms with Crippen molar-refractivity contribution >= 4 is 21.4 Å². The lowest BCUT2D eigenvalue weighted by atomic mass is 9.83. The largest absolute Gasteiger partial charge is 0.314 e. The number of anilines is 1. The molecule has 126 valence electrons. The van der Waals surface area contributed by atoms with Gasteiger partial charge >= 0.3 is 0 Å². The van der Waals surface area contributed by atoms with Crippen LogP contribution in [-0.2, 0) is 20.0 Å². The molecule has 0 saturated heterocycles. The maximum absolute atomic E-state index is 12.9. The van der Waals surface area contributed by atoms with Crippen LogP contribution in [0.5, 0.6) is 0 Å². The van der Waals surface area contributed by atoms with E-state index < -0.39 is 15.3 Å². The lowest BCUT2D eigenvalue weighted by Gasteiger charge is -2.24. The molecule has 0 aromatic heterocycles. The van der Waals surface area contributed by atoms with Crippen LogP contribution in [-0.4, -0.2) is 27.1 Å². The number of rotatable bonds is 3. The molecule has 4 nitrogen and oxygen atoms in total. The molecule has 1 atom stereocenters. The number of benzene rings is 2. The van der Waals surface area contributed by atoms with E-state index in [-0.39, 0.29) is 16.6 Å². The van der Waals surface area contributed by atoms with E-state index >= 15 is 0 Å². The molecule has 0 bridgehead atoms. The third kappa shape index (κ3) is 2.44. The topological polar surface area (TPSA) is 54.5 Å². The van der Waals surface area contributed by atoms with Crippen molar-refractivity contribution in [1.82, 2.24) is 0 Å². The van der Waals surface area contributed by atoms with Crippen LogP contribution in [0.25, 0.3) is 0 Å². The average molecular weight is 343 g/mol. The first-order valence-corrected chi connectivity index (χ1v) is 9.50. The molecule has 1 heterocycles. The molecule has 0 spiro atoms.